The summed E-state index contributed by atoms with van der Waals surface area (Å²) in [6.07, 6.45) is -2.66. The average Bonchev–Trinajstić information content (AvgIpc) is 3.06. The number of β-amino-alcohol motifs (C(OH)–C–C–N with tert-alkyl or cyclic N) is 1. The van der Waals surface area contributed by atoms with Crippen molar-refractivity contribution in [2.45, 2.75) is 29.6 Å². The van der Waals surface area contributed by atoms with Crippen molar-refractivity contribution in [3.05, 3.63) is 58.4 Å². The Kier molecular flexibility index (Phi) is 6.23. The van der Waals surface area contributed by atoms with Gasteiger partial charge in [-0.15, -0.1) is 0 Å². The summed E-state index contributed by atoms with van der Waals surface area (Å²) >= 11 is 5.84. The van der Waals surface area contributed by atoms with E-state index in [1.54, 1.807) is 12.1 Å². The molecule has 162 valence electrons. The van der Waals surface area contributed by atoms with E-state index >= 15 is 0 Å². The SMILES string of the molecule is CC(O)[C@]1(O)CN(S(=O)(=O)c2ccc(Cl)cc2C#N)C[C@@H]1Oc1ccc(C#N)c(F)c1. The van der Waals surface area contributed by atoms with Crippen LogP contribution in [0.1, 0.15) is 18.1 Å². The first-order valence-electron chi connectivity index (χ1n) is 8.99. The fourth-order valence-corrected chi connectivity index (χ4v) is 5.07. The molecule has 31 heavy (non-hydrogen) atoms. The van der Waals surface area contributed by atoms with Gasteiger partial charge in [-0.05, 0) is 37.3 Å². The molecule has 1 saturated heterocycles. The van der Waals surface area contributed by atoms with Crippen LogP contribution in [0, 0.1) is 28.5 Å². The molecule has 0 spiro atoms. The molecule has 2 N–H and O–H groups in total. The Labute approximate surface area is 183 Å². The molecule has 0 aromatic heterocycles. The monoisotopic (exact) mass is 465 g/mol. The van der Waals surface area contributed by atoms with Crippen LogP contribution in [0.2, 0.25) is 5.02 Å². The highest BCUT2D eigenvalue weighted by Crippen LogP contribution is 2.34. The molecule has 1 unspecified atom stereocenters. The number of benzene rings is 2. The highest BCUT2D eigenvalue weighted by molar-refractivity contribution is 7.89. The summed E-state index contributed by atoms with van der Waals surface area (Å²) in [6, 6.07) is 10.6. The van der Waals surface area contributed by atoms with Gasteiger partial charge in [0.15, 0.2) is 0 Å². The third-order valence-electron chi connectivity index (χ3n) is 5.10. The lowest BCUT2D eigenvalue weighted by atomic mass is 9.94. The fourth-order valence-electron chi connectivity index (χ4n) is 3.29. The Morgan fingerprint density at radius 1 is 1.26 bits per heavy atom. The van der Waals surface area contributed by atoms with E-state index in [2.05, 4.69) is 0 Å². The quantitative estimate of drug-likeness (QED) is 0.687. The van der Waals surface area contributed by atoms with Gasteiger partial charge in [0.1, 0.15) is 40.3 Å². The molecular weight excluding hydrogens is 449 g/mol. The lowest BCUT2D eigenvalue weighted by molar-refractivity contribution is -0.104. The molecular formula is C20H17ClFN3O5S. The second-order valence-electron chi connectivity index (χ2n) is 7.08. The number of aliphatic hydroxyl groups excluding tert-OH is 1. The summed E-state index contributed by atoms with van der Waals surface area (Å²) < 4.78 is 46.7. The van der Waals surface area contributed by atoms with Crippen molar-refractivity contribution in [2.24, 2.45) is 0 Å². The Bertz CT molecular complexity index is 1210. The summed E-state index contributed by atoms with van der Waals surface area (Å²) in [5, 5.41) is 39.5. The minimum Gasteiger partial charge on any atom is -0.486 e. The summed E-state index contributed by atoms with van der Waals surface area (Å²) in [7, 11) is -4.26. The first kappa shape index (κ1) is 22.9. The van der Waals surface area contributed by atoms with Gasteiger partial charge in [0.05, 0.1) is 23.8 Å². The van der Waals surface area contributed by atoms with Crippen molar-refractivity contribution in [3.8, 4) is 17.9 Å². The van der Waals surface area contributed by atoms with Crippen LogP contribution < -0.4 is 4.74 Å². The number of hydrogen-bond donors (Lipinski definition) is 2. The number of rotatable bonds is 5. The number of ether oxygens (including phenoxy) is 1. The van der Waals surface area contributed by atoms with E-state index in [-0.39, 0.29) is 33.3 Å². The topological polar surface area (TPSA) is 135 Å². The van der Waals surface area contributed by atoms with Crippen molar-refractivity contribution in [2.75, 3.05) is 13.1 Å². The zero-order valence-electron chi connectivity index (χ0n) is 16.2. The Morgan fingerprint density at radius 3 is 2.52 bits per heavy atom. The molecule has 0 aliphatic carbocycles. The normalized spacial score (nSPS) is 22.5. The molecule has 0 radical (unpaired) electrons. The van der Waals surface area contributed by atoms with E-state index in [1.807, 2.05) is 0 Å². The second-order valence-corrected chi connectivity index (χ2v) is 9.42. The molecule has 0 saturated carbocycles. The largest absolute Gasteiger partial charge is 0.486 e. The minimum atomic E-state index is -4.26. The van der Waals surface area contributed by atoms with E-state index in [0.29, 0.717) is 0 Å². The third-order valence-corrected chi connectivity index (χ3v) is 7.20. The molecule has 11 heteroatoms. The van der Waals surface area contributed by atoms with Crippen LogP contribution in [0.15, 0.2) is 41.3 Å². The van der Waals surface area contributed by atoms with Crippen molar-refractivity contribution in [3.63, 3.8) is 0 Å². The maximum atomic E-state index is 13.9. The van der Waals surface area contributed by atoms with Crippen LogP contribution >= 0.6 is 11.6 Å². The highest BCUT2D eigenvalue weighted by atomic mass is 35.5. The van der Waals surface area contributed by atoms with Crippen LogP contribution in [-0.2, 0) is 10.0 Å². The van der Waals surface area contributed by atoms with Crippen molar-refractivity contribution in [1.29, 1.82) is 10.5 Å². The van der Waals surface area contributed by atoms with E-state index in [0.717, 1.165) is 10.4 Å². The number of nitrogens with zero attached hydrogens (tertiary/aromatic N) is 3. The standard InChI is InChI=1S/C20H17ClFN3O5S/c1-12(26)20(27)11-25(31(28,29)18-5-3-15(21)6-14(18)9-24)10-19(20)30-16-4-2-13(8-23)17(22)7-16/h2-7,12,19,26-27H,10-11H2,1H3/t12?,19-,20+/m0/s1. The van der Waals surface area contributed by atoms with Gasteiger partial charge in [-0.3, -0.25) is 0 Å². The first-order valence-corrected chi connectivity index (χ1v) is 10.8. The predicted molar refractivity (Wildman–Crippen MR) is 107 cm³/mol. The van der Waals surface area contributed by atoms with Gasteiger partial charge >= 0.3 is 0 Å². The smallest absolute Gasteiger partial charge is 0.244 e. The summed E-state index contributed by atoms with van der Waals surface area (Å²) in [6.45, 7) is 0.373. The average molecular weight is 466 g/mol. The Hall–Kier alpha value is -2.73. The lowest BCUT2D eigenvalue weighted by Crippen LogP contribution is -2.53. The molecule has 2 aromatic rings. The second kappa shape index (κ2) is 8.42. The molecule has 2 aromatic carbocycles. The van der Waals surface area contributed by atoms with Gasteiger partial charge < -0.3 is 14.9 Å². The number of nitriles is 2. The molecule has 1 aliphatic rings. The third kappa shape index (κ3) is 4.22. The Morgan fingerprint density at radius 2 is 1.94 bits per heavy atom. The van der Waals surface area contributed by atoms with Gasteiger partial charge in [0, 0.05) is 17.6 Å². The maximum absolute atomic E-state index is 13.9. The highest BCUT2D eigenvalue weighted by Gasteiger charge is 2.54. The van der Waals surface area contributed by atoms with Gasteiger partial charge in [0.25, 0.3) is 0 Å². The maximum Gasteiger partial charge on any atom is 0.244 e. The lowest BCUT2D eigenvalue weighted by Gasteiger charge is -2.31. The number of halogens is 2. The predicted octanol–water partition coefficient (Wildman–Crippen LogP) is 1.79. The van der Waals surface area contributed by atoms with Crippen LogP contribution in [0.3, 0.4) is 0 Å². The number of hydrogen-bond acceptors (Lipinski definition) is 7. The molecule has 3 atom stereocenters. The summed E-state index contributed by atoms with van der Waals surface area (Å²) in [5.74, 6) is -0.896. The first-order chi connectivity index (χ1) is 14.5. The summed E-state index contributed by atoms with van der Waals surface area (Å²) in [4.78, 5) is -0.308. The van der Waals surface area contributed by atoms with E-state index in [1.165, 1.54) is 37.3 Å². The molecule has 3 rings (SSSR count). The summed E-state index contributed by atoms with van der Waals surface area (Å²) in [5.41, 5.74) is -2.40. The van der Waals surface area contributed by atoms with Crippen molar-refractivity contribution < 1.29 is 27.8 Å². The number of aliphatic hydroxyl groups is 2. The van der Waals surface area contributed by atoms with Crippen LogP contribution in [0.25, 0.3) is 0 Å². The fraction of sp³-hybridized carbons (Fsp3) is 0.300. The van der Waals surface area contributed by atoms with Gasteiger partial charge in [-0.2, -0.15) is 14.8 Å². The molecule has 1 aliphatic heterocycles. The molecule has 0 amide bonds. The zero-order valence-corrected chi connectivity index (χ0v) is 17.7. The van der Waals surface area contributed by atoms with Gasteiger partial charge in [-0.25, -0.2) is 12.8 Å². The van der Waals surface area contributed by atoms with E-state index in [9.17, 15) is 28.3 Å². The van der Waals surface area contributed by atoms with Crippen molar-refractivity contribution in [1.82, 2.24) is 4.31 Å². The molecule has 8 nitrogen and oxygen atoms in total. The minimum absolute atomic E-state index is 0.0518. The molecule has 0 bridgehead atoms. The van der Waals surface area contributed by atoms with Crippen LogP contribution in [0.4, 0.5) is 4.39 Å². The van der Waals surface area contributed by atoms with Gasteiger partial charge in [-0.1, -0.05) is 11.6 Å². The zero-order chi connectivity index (χ0) is 23.0. The Balaban J connectivity index is 1.96. The van der Waals surface area contributed by atoms with Crippen molar-refractivity contribution >= 4 is 21.6 Å². The number of sulfonamides is 1. The molecule has 1 heterocycles. The van der Waals surface area contributed by atoms with Crippen LogP contribution in [-0.4, -0.2) is 53.8 Å². The van der Waals surface area contributed by atoms with Crippen LogP contribution in [0.5, 0.6) is 5.75 Å². The van der Waals surface area contributed by atoms with E-state index in [4.69, 9.17) is 21.6 Å². The van der Waals surface area contributed by atoms with Gasteiger partial charge in [0.2, 0.25) is 10.0 Å². The van der Waals surface area contributed by atoms with E-state index < -0.39 is 40.2 Å². The molecule has 1 fully saturated rings.